The standard InChI is InChI=1S/C16H24BrNO2/c1-3-4-5-6-7-12-15(16(19)20-2)18-14-11-9-8-10-13(14)17/h8-11,15,18H,3-7,12H2,1-2H3. The monoisotopic (exact) mass is 341 g/mol. The minimum Gasteiger partial charge on any atom is -0.467 e. The van der Waals surface area contributed by atoms with Crippen molar-refractivity contribution in [1.29, 1.82) is 0 Å². The predicted octanol–water partition coefficient (Wildman–Crippen LogP) is 4.76. The second kappa shape index (κ2) is 9.81. The minimum atomic E-state index is -0.277. The van der Waals surface area contributed by atoms with Crippen molar-refractivity contribution in [3.8, 4) is 0 Å². The smallest absolute Gasteiger partial charge is 0.328 e. The Morgan fingerprint density at radius 3 is 2.60 bits per heavy atom. The number of benzene rings is 1. The molecule has 0 saturated heterocycles. The summed E-state index contributed by atoms with van der Waals surface area (Å²) in [6, 6.07) is 7.53. The summed E-state index contributed by atoms with van der Waals surface area (Å²) < 4.78 is 5.84. The molecule has 0 spiro atoms. The summed E-state index contributed by atoms with van der Waals surface area (Å²) >= 11 is 3.48. The molecule has 0 aliphatic carbocycles. The number of carbonyl (C=O) groups excluding carboxylic acids is 1. The highest BCUT2D eigenvalue weighted by molar-refractivity contribution is 9.10. The van der Waals surface area contributed by atoms with Gasteiger partial charge in [0, 0.05) is 10.2 Å². The zero-order valence-electron chi connectivity index (χ0n) is 12.3. The van der Waals surface area contributed by atoms with Crippen LogP contribution in [0.5, 0.6) is 0 Å². The van der Waals surface area contributed by atoms with E-state index in [1.807, 2.05) is 24.3 Å². The lowest BCUT2D eigenvalue weighted by Gasteiger charge is -2.18. The van der Waals surface area contributed by atoms with E-state index >= 15 is 0 Å². The molecular weight excluding hydrogens is 318 g/mol. The largest absolute Gasteiger partial charge is 0.467 e. The maximum Gasteiger partial charge on any atom is 0.328 e. The lowest BCUT2D eigenvalue weighted by molar-refractivity contribution is -0.141. The molecule has 0 radical (unpaired) electrons. The molecule has 1 aromatic carbocycles. The molecule has 20 heavy (non-hydrogen) atoms. The van der Waals surface area contributed by atoms with E-state index in [1.54, 1.807) is 0 Å². The van der Waals surface area contributed by atoms with Gasteiger partial charge in [0.15, 0.2) is 0 Å². The number of hydrogen-bond donors (Lipinski definition) is 1. The van der Waals surface area contributed by atoms with E-state index in [-0.39, 0.29) is 12.0 Å². The third-order valence-electron chi connectivity index (χ3n) is 3.29. The molecule has 0 aromatic heterocycles. The summed E-state index contributed by atoms with van der Waals surface area (Å²) in [5, 5.41) is 3.27. The van der Waals surface area contributed by atoms with Gasteiger partial charge in [0.25, 0.3) is 0 Å². The van der Waals surface area contributed by atoms with Crippen LogP contribution in [0.2, 0.25) is 0 Å². The fourth-order valence-electron chi connectivity index (χ4n) is 2.11. The molecule has 0 aliphatic heterocycles. The summed E-state index contributed by atoms with van der Waals surface area (Å²) in [6.45, 7) is 2.20. The van der Waals surface area contributed by atoms with Crippen LogP contribution in [-0.4, -0.2) is 19.1 Å². The summed E-state index contributed by atoms with van der Waals surface area (Å²) in [7, 11) is 1.44. The van der Waals surface area contributed by atoms with Crippen LogP contribution in [0.4, 0.5) is 5.69 Å². The number of ether oxygens (including phenoxy) is 1. The SMILES string of the molecule is CCCCCCCC(Nc1ccccc1Br)C(=O)OC. The van der Waals surface area contributed by atoms with E-state index in [0.29, 0.717) is 0 Å². The molecule has 112 valence electrons. The van der Waals surface area contributed by atoms with Gasteiger partial charge in [0.1, 0.15) is 6.04 Å². The molecule has 4 heteroatoms. The molecule has 0 fully saturated rings. The number of hydrogen-bond acceptors (Lipinski definition) is 3. The van der Waals surface area contributed by atoms with Gasteiger partial charge in [-0.25, -0.2) is 4.79 Å². The van der Waals surface area contributed by atoms with Crippen LogP contribution in [0.3, 0.4) is 0 Å². The van der Waals surface area contributed by atoms with Gasteiger partial charge in [-0.2, -0.15) is 0 Å². The number of methoxy groups -OCH3 is 1. The van der Waals surface area contributed by atoms with Gasteiger partial charge in [-0.3, -0.25) is 0 Å². The Hall–Kier alpha value is -1.03. The second-order valence-electron chi connectivity index (χ2n) is 4.90. The van der Waals surface area contributed by atoms with Gasteiger partial charge in [0.2, 0.25) is 0 Å². The first kappa shape index (κ1) is 17.0. The van der Waals surface area contributed by atoms with Gasteiger partial charge < -0.3 is 10.1 Å². The number of halogens is 1. The van der Waals surface area contributed by atoms with Crippen molar-refractivity contribution in [3.05, 3.63) is 28.7 Å². The average molecular weight is 342 g/mol. The van der Waals surface area contributed by atoms with E-state index in [0.717, 1.165) is 23.0 Å². The number of nitrogens with one attached hydrogen (secondary N) is 1. The summed E-state index contributed by atoms with van der Waals surface area (Å²) in [5.74, 6) is -0.198. The average Bonchev–Trinajstić information content (AvgIpc) is 2.47. The van der Waals surface area contributed by atoms with Crippen molar-refractivity contribution in [3.63, 3.8) is 0 Å². The van der Waals surface area contributed by atoms with E-state index < -0.39 is 0 Å². The minimum absolute atomic E-state index is 0.198. The number of esters is 1. The fraction of sp³-hybridized carbons (Fsp3) is 0.562. The molecule has 1 rings (SSSR count). The highest BCUT2D eigenvalue weighted by atomic mass is 79.9. The summed E-state index contributed by atoms with van der Waals surface area (Å²) in [6.07, 6.45) is 6.74. The van der Waals surface area contributed by atoms with Crippen molar-refractivity contribution >= 4 is 27.6 Å². The van der Waals surface area contributed by atoms with Crippen LogP contribution in [-0.2, 0) is 9.53 Å². The molecular formula is C16H24BrNO2. The van der Waals surface area contributed by atoms with Gasteiger partial charge >= 0.3 is 5.97 Å². The molecule has 1 atom stereocenters. The Balaban J connectivity index is 2.52. The third kappa shape index (κ3) is 5.95. The fourth-order valence-corrected chi connectivity index (χ4v) is 2.51. The molecule has 0 heterocycles. The van der Waals surface area contributed by atoms with Gasteiger partial charge in [-0.05, 0) is 34.5 Å². The van der Waals surface area contributed by atoms with Crippen molar-refractivity contribution in [2.24, 2.45) is 0 Å². The van der Waals surface area contributed by atoms with Crippen molar-refractivity contribution < 1.29 is 9.53 Å². The molecule has 0 bridgehead atoms. The Kier molecular flexibility index (Phi) is 8.35. The van der Waals surface area contributed by atoms with Gasteiger partial charge in [0.05, 0.1) is 7.11 Å². The molecule has 1 N–H and O–H groups in total. The van der Waals surface area contributed by atoms with Crippen LogP contribution >= 0.6 is 15.9 Å². The Morgan fingerprint density at radius 2 is 1.95 bits per heavy atom. The quantitative estimate of drug-likeness (QED) is 0.519. The maximum atomic E-state index is 11.8. The number of rotatable bonds is 9. The molecule has 0 amide bonds. The van der Waals surface area contributed by atoms with Crippen molar-refractivity contribution in [2.75, 3.05) is 12.4 Å². The highest BCUT2D eigenvalue weighted by Gasteiger charge is 2.19. The van der Waals surface area contributed by atoms with Crippen LogP contribution in [0.15, 0.2) is 28.7 Å². The number of carbonyl (C=O) groups is 1. The third-order valence-corrected chi connectivity index (χ3v) is 3.98. The van der Waals surface area contributed by atoms with Crippen molar-refractivity contribution in [2.45, 2.75) is 51.5 Å². The van der Waals surface area contributed by atoms with E-state index in [4.69, 9.17) is 4.74 Å². The summed E-state index contributed by atoms with van der Waals surface area (Å²) in [4.78, 5) is 11.8. The predicted molar refractivity (Wildman–Crippen MR) is 86.9 cm³/mol. The van der Waals surface area contributed by atoms with E-state index in [1.165, 1.54) is 32.8 Å². The normalized spacial score (nSPS) is 11.9. The second-order valence-corrected chi connectivity index (χ2v) is 5.76. The highest BCUT2D eigenvalue weighted by Crippen LogP contribution is 2.23. The topological polar surface area (TPSA) is 38.3 Å². The Bertz CT molecular complexity index is 409. The number of para-hydroxylation sites is 1. The first-order chi connectivity index (χ1) is 9.69. The van der Waals surface area contributed by atoms with Crippen molar-refractivity contribution in [1.82, 2.24) is 0 Å². The number of anilines is 1. The Morgan fingerprint density at radius 1 is 1.25 bits per heavy atom. The van der Waals surface area contributed by atoms with Gasteiger partial charge in [-0.1, -0.05) is 51.2 Å². The lowest BCUT2D eigenvalue weighted by Crippen LogP contribution is -2.30. The van der Waals surface area contributed by atoms with Crippen LogP contribution < -0.4 is 5.32 Å². The van der Waals surface area contributed by atoms with Crippen LogP contribution in [0, 0.1) is 0 Å². The van der Waals surface area contributed by atoms with Gasteiger partial charge in [-0.15, -0.1) is 0 Å². The Labute approximate surface area is 130 Å². The van der Waals surface area contributed by atoms with E-state index in [9.17, 15) is 4.79 Å². The van der Waals surface area contributed by atoms with Crippen LogP contribution in [0.25, 0.3) is 0 Å². The molecule has 0 aliphatic rings. The number of unbranched alkanes of at least 4 members (excludes halogenated alkanes) is 4. The zero-order chi connectivity index (χ0) is 14.8. The molecule has 0 saturated carbocycles. The summed E-state index contributed by atoms with van der Waals surface area (Å²) in [5.41, 5.74) is 0.927. The molecule has 3 nitrogen and oxygen atoms in total. The first-order valence-electron chi connectivity index (χ1n) is 7.28. The first-order valence-corrected chi connectivity index (χ1v) is 8.07. The van der Waals surface area contributed by atoms with E-state index in [2.05, 4.69) is 28.2 Å². The lowest BCUT2D eigenvalue weighted by atomic mass is 10.1. The zero-order valence-corrected chi connectivity index (χ0v) is 13.9. The molecule has 1 unspecified atom stereocenters. The van der Waals surface area contributed by atoms with Crippen LogP contribution in [0.1, 0.15) is 45.4 Å². The molecule has 1 aromatic rings. The maximum absolute atomic E-state index is 11.8.